The fourth-order valence-corrected chi connectivity index (χ4v) is 0.204. The minimum Gasteiger partial charge on any atom is -0.550 e. The molecule has 5 heteroatoms. The van der Waals surface area contributed by atoms with Crippen LogP contribution in [-0.2, 0) is 26.7 Å². The maximum atomic E-state index is 9.50. The van der Waals surface area contributed by atoms with E-state index in [0.29, 0.717) is 0 Å². The average molecular weight is 171 g/mol. The molecule has 0 aromatic rings. The number of carbonyl (C=O) groups is 2. The van der Waals surface area contributed by atoms with Crippen molar-refractivity contribution in [2.24, 2.45) is 0 Å². The fraction of sp³-hybridized carbons (Fsp3) is 0.500. The molecule has 0 N–H and O–H groups in total. The van der Waals surface area contributed by atoms with Crippen molar-refractivity contribution in [2.75, 3.05) is 0 Å². The molecule has 0 heterocycles. The Kier molecular flexibility index (Phi) is 7.01. The molecule has 4 nitrogen and oxygen atoms in total. The molecule has 1 radical (unpaired) electrons. The van der Waals surface area contributed by atoms with Gasteiger partial charge in [-0.1, -0.05) is 0 Å². The maximum Gasteiger partial charge on any atom is 2.00 e. The largest absolute Gasteiger partial charge is 2.00 e. The summed E-state index contributed by atoms with van der Waals surface area (Å²) in [7, 11) is 0. The van der Waals surface area contributed by atoms with Crippen molar-refractivity contribution < 1.29 is 36.9 Å². The minimum atomic E-state index is -1.37. The van der Waals surface area contributed by atoms with E-state index in [0.717, 1.165) is 0 Å². The molecule has 0 fully saturated rings. The first-order chi connectivity index (χ1) is 3.63. The maximum absolute atomic E-state index is 9.50. The van der Waals surface area contributed by atoms with E-state index in [1.54, 1.807) is 0 Å². The van der Waals surface area contributed by atoms with Crippen LogP contribution in [0, 0.1) is 0 Å². The van der Waals surface area contributed by atoms with E-state index < -0.39 is 24.8 Å². The molecule has 0 amide bonds. The van der Waals surface area contributed by atoms with Gasteiger partial charge in [0.25, 0.3) is 0 Å². The van der Waals surface area contributed by atoms with Crippen LogP contribution < -0.4 is 10.2 Å². The Bertz CT molecular complexity index is 97.1. The summed E-state index contributed by atoms with van der Waals surface area (Å²) >= 11 is 0. The number of carboxylic acids is 2. The summed E-state index contributed by atoms with van der Waals surface area (Å²) in [5, 5.41) is 19.0. The molecule has 0 aromatic carbocycles. The summed E-state index contributed by atoms with van der Waals surface area (Å²) < 4.78 is 0. The Morgan fingerprint density at radius 3 is 1.33 bits per heavy atom. The number of carboxylic acid groups (broad SMARTS) is 2. The molecule has 0 aromatic heterocycles. The SMILES string of the molecule is O=C([O-])CCC(=O)[O-].[Mn+2]. The zero-order valence-corrected chi connectivity index (χ0v) is 5.61. The van der Waals surface area contributed by atoms with Crippen LogP contribution in [0.4, 0.5) is 0 Å². The first kappa shape index (κ1) is 11.3. The normalized spacial score (nSPS) is 7.56. The average Bonchev–Trinajstić information content (AvgIpc) is 1.61. The number of rotatable bonds is 3. The quantitative estimate of drug-likeness (QED) is 0.431. The van der Waals surface area contributed by atoms with Gasteiger partial charge in [0, 0.05) is 11.9 Å². The van der Waals surface area contributed by atoms with Crippen molar-refractivity contribution in [1.82, 2.24) is 0 Å². The molecular weight excluding hydrogens is 167 g/mol. The summed E-state index contributed by atoms with van der Waals surface area (Å²) in [4.78, 5) is 19.0. The van der Waals surface area contributed by atoms with Crippen LogP contribution in [0.15, 0.2) is 0 Å². The van der Waals surface area contributed by atoms with Gasteiger partial charge < -0.3 is 19.8 Å². The zero-order valence-electron chi connectivity index (χ0n) is 4.43. The van der Waals surface area contributed by atoms with E-state index in [1.165, 1.54) is 0 Å². The molecule has 0 aliphatic carbocycles. The van der Waals surface area contributed by atoms with Gasteiger partial charge in [-0.25, -0.2) is 0 Å². The first-order valence-electron chi connectivity index (χ1n) is 2.02. The summed E-state index contributed by atoms with van der Waals surface area (Å²) in [6.45, 7) is 0. The smallest absolute Gasteiger partial charge is 0.550 e. The van der Waals surface area contributed by atoms with Crippen molar-refractivity contribution >= 4 is 11.9 Å². The summed E-state index contributed by atoms with van der Waals surface area (Å²) in [6.07, 6.45) is -0.940. The Morgan fingerprint density at radius 2 is 1.22 bits per heavy atom. The predicted molar refractivity (Wildman–Crippen MR) is 19.2 cm³/mol. The van der Waals surface area contributed by atoms with Crippen LogP contribution in [0.3, 0.4) is 0 Å². The summed E-state index contributed by atoms with van der Waals surface area (Å²) in [5.74, 6) is -2.73. The van der Waals surface area contributed by atoms with Gasteiger partial charge in [-0.3, -0.25) is 0 Å². The van der Waals surface area contributed by atoms with Gasteiger partial charge >= 0.3 is 17.1 Å². The number of hydrogen-bond acceptors (Lipinski definition) is 4. The molecule has 9 heavy (non-hydrogen) atoms. The first-order valence-corrected chi connectivity index (χ1v) is 2.02. The second-order valence-electron chi connectivity index (χ2n) is 1.24. The number of carbonyl (C=O) groups excluding carboxylic acids is 2. The third-order valence-corrected chi connectivity index (χ3v) is 0.533. The van der Waals surface area contributed by atoms with E-state index in [1.807, 2.05) is 0 Å². The third kappa shape index (κ3) is 11.2. The van der Waals surface area contributed by atoms with Crippen LogP contribution in [0.1, 0.15) is 12.8 Å². The molecule has 0 atom stereocenters. The van der Waals surface area contributed by atoms with Gasteiger partial charge in [-0.15, -0.1) is 0 Å². The molecule has 0 rings (SSSR count). The molecule has 0 aliphatic rings. The van der Waals surface area contributed by atoms with Gasteiger partial charge in [-0.2, -0.15) is 0 Å². The monoisotopic (exact) mass is 171 g/mol. The fourth-order valence-electron chi connectivity index (χ4n) is 0.204. The van der Waals surface area contributed by atoms with Crippen LogP contribution >= 0.6 is 0 Å². The zero-order chi connectivity index (χ0) is 6.57. The second-order valence-corrected chi connectivity index (χ2v) is 1.24. The van der Waals surface area contributed by atoms with E-state index in [2.05, 4.69) is 0 Å². The summed E-state index contributed by atoms with van der Waals surface area (Å²) in [6, 6.07) is 0. The van der Waals surface area contributed by atoms with Crippen LogP contribution in [0.5, 0.6) is 0 Å². The topological polar surface area (TPSA) is 80.3 Å². The Morgan fingerprint density at radius 1 is 1.00 bits per heavy atom. The number of aliphatic carboxylic acids is 2. The Labute approximate surface area is 62.3 Å². The van der Waals surface area contributed by atoms with Crippen molar-refractivity contribution in [3.8, 4) is 0 Å². The molecule has 51 valence electrons. The van der Waals surface area contributed by atoms with Crippen molar-refractivity contribution in [3.63, 3.8) is 0 Å². The van der Waals surface area contributed by atoms with Gasteiger partial charge in [0.15, 0.2) is 0 Å². The van der Waals surface area contributed by atoms with Gasteiger partial charge in [0.2, 0.25) is 0 Å². The van der Waals surface area contributed by atoms with E-state index >= 15 is 0 Å². The molecule has 0 spiro atoms. The van der Waals surface area contributed by atoms with E-state index in [9.17, 15) is 19.8 Å². The Hall–Kier alpha value is -0.541. The molecule has 0 unspecified atom stereocenters. The molecular formula is C4H4MnO4. The van der Waals surface area contributed by atoms with Crippen molar-refractivity contribution in [1.29, 1.82) is 0 Å². The molecule has 0 aliphatic heterocycles. The van der Waals surface area contributed by atoms with Crippen LogP contribution in [0.2, 0.25) is 0 Å². The molecule has 0 saturated carbocycles. The van der Waals surface area contributed by atoms with Gasteiger partial charge in [0.1, 0.15) is 0 Å². The standard InChI is InChI=1S/C4H6O4.Mn/c5-3(6)1-2-4(7)8;/h1-2H2,(H,5,6)(H,7,8);/q;+2/p-2. The second kappa shape index (κ2) is 5.59. The van der Waals surface area contributed by atoms with Crippen molar-refractivity contribution in [2.45, 2.75) is 12.8 Å². The molecule has 0 bridgehead atoms. The Balaban J connectivity index is 0. The predicted octanol–water partition coefficient (Wildman–Crippen LogP) is -2.74. The third-order valence-electron chi connectivity index (χ3n) is 0.533. The number of hydrogen-bond donors (Lipinski definition) is 0. The van der Waals surface area contributed by atoms with Gasteiger partial charge in [0.05, 0.1) is 0 Å². The minimum absolute atomic E-state index is 0. The van der Waals surface area contributed by atoms with Crippen LogP contribution in [-0.4, -0.2) is 11.9 Å². The van der Waals surface area contributed by atoms with Crippen molar-refractivity contribution in [3.05, 3.63) is 0 Å². The van der Waals surface area contributed by atoms with Crippen LogP contribution in [0.25, 0.3) is 0 Å². The summed E-state index contributed by atoms with van der Waals surface area (Å²) in [5.41, 5.74) is 0. The van der Waals surface area contributed by atoms with Gasteiger partial charge in [-0.05, 0) is 12.8 Å². The van der Waals surface area contributed by atoms with E-state index in [-0.39, 0.29) is 17.1 Å². The van der Waals surface area contributed by atoms with E-state index in [4.69, 9.17) is 0 Å². The molecule has 0 saturated heterocycles.